The van der Waals surface area contributed by atoms with Gasteiger partial charge in [-0.3, -0.25) is 0 Å². The van der Waals surface area contributed by atoms with E-state index in [2.05, 4.69) is 24.0 Å². The highest BCUT2D eigenvalue weighted by Gasteiger charge is 2.40. The number of aliphatic imine (C=N–C) groups is 1. The van der Waals surface area contributed by atoms with Gasteiger partial charge in [-0.05, 0) is 27.7 Å². The number of benzene rings is 1. The summed E-state index contributed by atoms with van der Waals surface area (Å²) in [5.74, 6) is 0. The summed E-state index contributed by atoms with van der Waals surface area (Å²) in [6.07, 6.45) is 1.61. The van der Waals surface area contributed by atoms with Gasteiger partial charge in [0.1, 0.15) is 6.17 Å². The molecule has 21 heavy (non-hydrogen) atoms. The van der Waals surface area contributed by atoms with Gasteiger partial charge >= 0.3 is 8.80 Å². The second-order valence-corrected chi connectivity index (χ2v) is 6.59. The van der Waals surface area contributed by atoms with Crippen LogP contribution in [0.2, 0.25) is 0 Å². The molecule has 0 fully saturated rings. The zero-order chi connectivity index (χ0) is 16.0. The van der Waals surface area contributed by atoms with Crippen LogP contribution in [0.25, 0.3) is 0 Å². The molecule has 1 aromatic rings. The van der Waals surface area contributed by atoms with Crippen LogP contribution in [0.5, 0.6) is 0 Å². The van der Waals surface area contributed by atoms with Crippen LogP contribution < -0.4 is 0 Å². The molecule has 0 atom stereocenters. The molecule has 0 N–H and O–H groups in total. The molecule has 1 rings (SSSR count). The van der Waals surface area contributed by atoms with E-state index in [4.69, 9.17) is 13.3 Å². The summed E-state index contributed by atoms with van der Waals surface area (Å²) in [5, 5.41) is 0. The molecule has 0 bridgehead atoms. The van der Waals surface area contributed by atoms with Gasteiger partial charge in [0.05, 0.1) is 0 Å². The molecule has 5 nitrogen and oxygen atoms in total. The molecule has 0 unspecified atom stereocenters. The molecule has 0 aliphatic heterocycles. The molecule has 0 saturated carbocycles. The maximum Gasteiger partial charge on any atom is 0.524 e. The third kappa shape index (κ3) is 9.28. The number of hydrogen-bond acceptors (Lipinski definition) is 5. The van der Waals surface area contributed by atoms with E-state index in [1.807, 2.05) is 39.0 Å². The van der Waals surface area contributed by atoms with Crippen LogP contribution in [0.1, 0.15) is 26.3 Å². The van der Waals surface area contributed by atoms with Crippen molar-refractivity contribution >= 4 is 14.9 Å². The molecular formula is C15H25NO4Si. The van der Waals surface area contributed by atoms with Gasteiger partial charge in [0.2, 0.25) is 6.08 Å². The summed E-state index contributed by atoms with van der Waals surface area (Å²) >= 11 is 0. The number of rotatable bonds is 8. The van der Waals surface area contributed by atoms with Crippen LogP contribution in [0.4, 0.5) is 0 Å². The summed E-state index contributed by atoms with van der Waals surface area (Å²) in [5.41, 5.74) is 1.32. The highest BCUT2D eigenvalue weighted by Crippen LogP contribution is 2.10. The van der Waals surface area contributed by atoms with Gasteiger partial charge in [-0.15, -0.1) is 0 Å². The molecule has 1 aromatic carbocycles. The van der Waals surface area contributed by atoms with Crippen LogP contribution >= 0.6 is 0 Å². The average Bonchev–Trinajstić information content (AvgIpc) is 2.47. The number of hydrogen-bond donors (Lipinski definition) is 0. The fourth-order valence-electron chi connectivity index (χ4n) is 1.59. The van der Waals surface area contributed by atoms with Crippen molar-refractivity contribution in [1.29, 1.82) is 0 Å². The molecular weight excluding hydrogens is 286 g/mol. The Hall–Kier alpha value is -1.30. The highest BCUT2D eigenvalue weighted by atomic mass is 28.4. The maximum absolute atomic E-state index is 10.0. The molecule has 0 heterocycles. The average molecular weight is 311 g/mol. The van der Waals surface area contributed by atoms with Crippen molar-refractivity contribution < 1.29 is 18.1 Å². The smallest absolute Gasteiger partial charge is 0.373 e. The summed E-state index contributed by atoms with van der Waals surface area (Å²) in [6, 6.07) is 10.3. The lowest BCUT2D eigenvalue weighted by molar-refractivity contribution is 0.0729. The van der Waals surface area contributed by atoms with E-state index in [-0.39, 0.29) is 6.17 Å². The van der Waals surface area contributed by atoms with Crippen molar-refractivity contribution in [3.63, 3.8) is 0 Å². The minimum atomic E-state index is -2.75. The van der Waals surface area contributed by atoms with Crippen molar-refractivity contribution in [1.82, 2.24) is 0 Å². The van der Waals surface area contributed by atoms with E-state index in [1.165, 1.54) is 11.6 Å². The highest BCUT2D eigenvalue weighted by molar-refractivity contribution is 6.61. The molecule has 0 saturated heterocycles. The first-order valence-electron chi connectivity index (χ1n) is 7.11. The van der Waals surface area contributed by atoms with Crippen molar-refractivity contribution in [3.8, 4) is 0 Å². The first-order valence-corrected chi connectivity index (χ1v) is 9.04. The zero-order valence-electron chi connectivity index (χ0n) is 13.3. The molecule has 0 spiro atoms. The summed E-state index contributed by atoms with van der Waals surface area (Å²) in [6.45, 7) is 9.10. The summed E-state index contributed by atoms with van der Waals surface area (Å²) < 4.78 is 16.3. The minimum Gasteiger partial charge on any atom is -0.373 e. The Kier molecular flexibility index (Phi) is 11.7. The normalized spacial score (nSPS) is 10.3. The van der Waals surface area contributed by atoms with Crippen molar-refractivity contribution in [2.75, 3.05) is 26.0 Å². The van der Waals surface area contributed by atoms with E-state index in [1.54, 1.807) is 0 Å². The Labute approximate surface area is 128 Å². The van der Waals surface area contributed by atoms with Crippen LogP contribution in [-0.2, 0) is 18.1 Å². The van der Waals surface area contributed by atoms with Crippen LogP contribution in [0.3, 0.4) is 0 Å². The molecule has 0 aromatic heterocycles. The predicted octanol–water partition coefficient (Wildman–Crippen LogP) is 2.90. The van der Waals surface area contributed by atoms with Crippen LogP contribution in [0, 0.1) is 6.92 Å². The first-order chi connectivity index (χ1) is 10.1. The standard InChI is InChI=1S/C8H17NO4Si.C7H8/c1-4-11-14(12-5-2,13-6-3)8-9-7-10;1-7-5-3-2-4-6-7/h4-6,8H2,1-3H3;2-6H,1H3. The topological polar surface area (TPSA) is 57.1 Å². The van der Waals surface area contributed by atoms with Gasteiger partial charge in [0.15, 0.2) is 0 Å². The monoisotopic (exact) mass is 311 g/mol. The predicted molar refractivity (Wildman–Crippen MR) is 84.8 cm³/mol. The van der Waals surface area contributed by atoms with Crippen molar-refractivity contribution in [3.05, 3.63) is 35.9 Å². The largest absolute Gasteiger partial charge is 0.524 e. The zero-order valence-corrected chi connectivity index (χ0v) is 14.3. The second kappa shape index (κ2) is 12.4. The summed E-state index contributed by atoms with van der Waals surface area (Å²) in [4.78, 5) is 13.5. The first kappa shape index (κ1) is 19.7. The molecule has 0 aliphatic rings. The van der Waals surface area contributed by atoms with Crippen LogP contribution in [0.15, 0.2) is 35.3 Å². The van der Waals surface area contributed by atoms with E-state index in [0.29, 0.717) is 19.8 Å². The third-order valence-electron chi connectivity index (χ3n) is 2.37. The lowest BCUT2D eigenvalue weighted by atomic mass is 10.2. The van der Waals surface area contributed by atoms with Crippen molar-refractivity contribution in [2.24, 2.45) is 4.99 Å². The fraction of sp³-hybridized carbons (Fsp3) is 0.533. The van der Waals surface area contributed by atoms with Crippen molar-refractivity contribution in [2.45, 2.75) is 27.7 Å². The Morgan fingerprint density at radius 1 is 1.00 bits per heavy atom. The lowest BCUT2D eigenvalue weighted by Crippen LogP contribution is -2.49. The Balaban J connectivity index is 0.000000471. The third-order valence-corrected chi connectivity index (χ3v) is 5.10. The molecule has 0 aliphatic carbocycles. The molecule has 0 radical (unpaired) electrons. The molecule has 118 valence electrons. The quantitative estimate of drug-likeness (QED) is 0.421. The van der Waals surface area contributed by atoms with E-state index >= 15 is 0 Å². The molecule has 6 heteroatoms. The fourth-order valence-corrected chi connectivity index (χ4v) is 3.69. The number of nitrogens with zero attached hydrogens (tertiary/aromatic N) is 1. The van der Waals surface area contributed by atoms with E-state index in [9.17, 15) is 4.79 Å². The van der Waals surface area contributed by atoms with Gasteiger partial charge in [-0.2, -0.15) is 0 Å². The molecule has 0 amide bonds. The second-order valence-electron chi connectivity index (χ2n) is 4.04. The minimum absolute atomic E-state index is 0.145. The SMILES string of the molecule is CCO[Si](CN=C=O)(OCC)OCC.Cc1ccccc1. The summed E-state index contributed by atoms with van der Waals surface area (Å²) in [7, 11) is -2.75. The maximum atomic E-state index is 10.0. The van der Waals surface area contributed by atoms with Gasteiger partial charge in [0.25, 0.3) is 0 Å². The van der Waals surface area contributed by atoms with Gasteiger partial charge in [-0.1, -0.05) is 35.9 Å². The van der Waals surface area contributed by atoms with Gasteiger partial charge in [0, 0.05) is 19.8 Å². The lowest BCUT2D eigenvalue weighted by Gasteiger charge is -2.26. The Morgan fingerprint density at radius 3 is 1.76 bits per heavy atom. The van der Waals surface area contributed by atoms with Gasteiger partial charge < -0.3 is 13.3 Å². The van der Waals surface area contributed by atoms with E-state index < -0.39 is 8.80 Å². The number of carbonyl (C=O) groups excluding carboxylic acids is 1. The Bertz CT molecular complexity index is 390. The number of aryl methyl sites for hydroxylation is 1. The Morgan fingerprint density at radius 2 is 1.48 bits per heavy atom. The number of isocyanates is 1. The van der Waals surface area contributed by atoms with Gasteiger partial charge in [-0.25, -0.2) is 9.79 Å². The van der Waals surface area contributed by atoms with Crippen LogP contribution in [-0.4, -0.2) is 40.9 Å². The van der Waals surface area contributed by atoms with E-state index in [0.717, 1.165) is 0 Å².